The molecule has 0 heterocycles. The van der Waals surface area contributed by atoms with Crippen LogP contribution in [0.5, 0.6) is 0 Å². The van der Waals surface area contributed by atoms with Crippen molar-refractivity contribution in [2.75, 3.05) is 0 Å². The Morgan fingerprint density at radius 3 is 2.60 bits per heavy atom. The van der Waals surface area contributed by atoms with E-state index in [0.717, 1.165) is 31.2 Å². The van der Waals surface area contributed by atoms with Gasteiger partial charge in [0.1, 0.15) is 0 Å². The molecule has 5 heteroatoms. The van der Waals surface area contributed by atoms with Crippen molar-refractivity contribution in [3.63, 3.8) is 0 Å². The molecule has 1 aliphatic carbocycles. The fourth-order valence-corrected chi connectivity index (χ4v) is 3.71. The van der Waals surface area contributed by atoms with Gasteiger partial charge in [-0.05, 0) is 48.4 Å². The molecule has 1 aromatic rings. The Bertz CT molecular complexity index is 499. The maximum absolute atomic E-state index is 11.1. The molecule has 110 valence electrons. The van der Waals surface area contributed by atoms with Gasteiger partial charge >= 0.3 is 5.97 Å². The molecular weight excluding hydrogens is 297 g/mol. The van der Waals surface area contributed by atoms with E-state index in [1.54, 1.807) is 18.2 Å². The second-order valence-electron chi connectivity index (χ2n) is 5.75. The van der Waals surface area contributed by atoms with Crippen molar-refractivity contribution in [3.8, 4) is 0 Å². The Balaban J connectivity index is 2.18. The molecule has 1 saturated carbocycles. The fraction of sp³-hybridized carbons (Fsp3) is 0.533. The third kappa shape index (κ3) is 3.66. The summed E-state index contributed by atoms with van der Waals surface area (Å²) >= 11 is 12.2. The van der Waals surface area contributed by atoms with Gasteiger partial charge in [-0.15, -0.1) is 0 Å². The van der Waals surface area contributed by atoms with Crippen LogP contribution in [-0.2, 0) is 4.79 Å². The highest BCUT2D eigenvalue weighted by molar-refractivity contribution is 6.33. The van der Waals surface area contributed by atoms with E-state index in [2.05, 4.69) is 0 Å². The number of aliphatic carboxylic acids is 1. The van der Waals surface area contributed by atoms with Gasteiger partial charge in [-0.3, -0.25) is 4.79 Å². The second kappa shape index (κ2) is 6.33. The third-order valence-corrected chi connectivity index (χ3v) is 4.78. The summed E-state index contributed by atoms with van der Waals surface area (Å²) in [5.41, 5.74) is 6.87. The molecule has 0 aromatic heterocycles. The minimum absolute atomic E-state index is 0.179. The number of rotatable bonds is 5. The number of hydrogen-bond donors (Lipinski definition) is 2. The van der Waals surface area contributed by atoms with Crippen molar-refractivity contribution in [1.82, 2.24) is 0 Å². The largest absolute Gasteiger partial charge is 0.481 e. The van der Waals surface area contributed by atoms with Crippen LogP contribution in [0.3, 0.4) is 0 Å². The zero-order valence-electron chi connectivity index (χ0n) is 11.2. The molecule has 1 atom stereocenters. The fourth-order valence-electron chi connectivity index (χ4n) is 3.27. The minimum atomic E-state index is -0.753. The molecule has 3 N–H and O–H groups in total. The number of carboxylic acid groups (broad SMARTS) is 1. The topological polar surface area (TPSA) is 63.3 Å². The smallest absolute Gasteiger partial charge is 0.303 e. The van der Waals surface area contributed by atoms with E-state index in [4.69, 9.17) is 34.0 Å². The number of carboxylic acids is 1. The van der Waals surface area contributed by atoms with Crippen LogP contribution in [0.4, 0.5) is 0 Å². The van der Waals surface area contributed by atoms with Crippen molar-refractivity contribution in [1.29, 1.82) is 0 Å². The highest BCUT2D eigenvalue weighted by atomic mass is 35.5. The Kier molecular flexibility index (Phi) is 4.95. The number of hydrogen-bond acceptors (Lipinski definition) is 2. The first-order chi connectivity index (χ1) is 9.42. The van der Waals surface area contributed by atoms with Crippen LogP contribution in [0.2, 0.25) is 10.0 Å². The van der Waals surface area contributed by atoms with E-state index in [9.17, 15) is 4.79 Å². The van der Waals surface area contributed by atoms with Crippen LogP contribution in [-0.4, -0.2) is 11.1 Å². The van der Waals surface area contributed by atoms with Crippen molar-refractivity contribution in [3.05, 3.63) is 33.8 Å². The summed E-state index contributed by atoms with van der Waals surface area (Å²) in [6, 6.07) is 4.96. The van der Waals surface area contributed by atoms with Gasteiger partial charge in [0.2, 0.25) is 0 Å². The Labute approximate surface area is 129 Å². The predicted octanol–water partition coefficient (Wildman–Crippen LogP) is 4.42. The first-order valence-electron chi connectivity index (χ1n) is 6.84. The maximum Gasteiger partial charge on any atom is 0.303 e. The van der Waals surface area contributed by atoms with Gasteiger partial charge in [-0.2, -0.15) is 0 Å². The monoisotopic (exact) mass is 315 g/mol. The van der Waals surface area contributed by atoms with Crippen molar-refractivity contribution in [2.45, 2.75) is 44.6 Å². The number of carbonyl (C=O) groups is 1. The SMILES string of the molecule is NC(CC1(CC(=O)O)CCCC1)c1cc(Cl)ccc1Cl. The summed E-state index contributed by atoms with van der Waals surface area (Å²) in [5.74, 6) is -0.753. The van der Waals surface area contributed by atoms with E-state index in [1.807, 2.05) is 0 Å². The van der Waals surface area contributed by atoms with Gasteiger partial charge in [-0.25, -0.2) is 0 Å². The minimum Gasteiger partial charge on any atom is -0.481 e. The summed E-state index contributed by atoms with van der Waals surface area (Å²) < 4.78 is 0. The molecule has 0 radical (unpaired) electrons. The molecule has 1 aromatic carbocycles. The average molecular weight is 316 g/mol. The van der Waals surface area contributed by atoms with Crippen molar-refractivity contribution < 1.29 is 9.90 Å². The zero-order valence-corrected chi connectivity index (χ0v) is 12.8. The van der Waals surface area contributed by atoms with Gasteiger partial charge in [0.25, 0.3) is 0 Å². The normalized spacial score (nSPS) is 18.9. The molecule has 0 bridgehead atoms. The number of nitrogens with two attached hydrogens (primary N) is 1. The molecule has 3 nitrogen and oxygen atoms in total. The predicted molar refractivity (Wildman–Crippen MR) is 81.2 cm³/mol. The molecule has 0 spiro atoms. The first kappa shape index (κ1) is 15.6. The molecule has 0 saturated heterocycles. The van der Waals surface area contributed by atoms with Gasteiger partial charge in [0, 0.05) is 16.1 Å². The molecule has 20 heavy (non-hydrogen) atoms. The molecule has 2 rings (SSSR count). The summed E-state index contributed by atoms with van der Waals surface area (Å²) in [7, 11) is 0. The average Bonchev–Trinajstić information content (AvgIpc) is 2.79. The molecular formula is C15H19Cl2NO2. The van der Waals surface area contributed by atoms with Crippen LogP contribution in [0.15, 0.2) is 18.2 Å². The van der Waals surface area contributed by atoms with Crippen LogP contribution in [0.25, 0.3) is 0 Å². The lowest BCUT2D eigenvalue weighted by atomic mass is 9.76. The molecule has 1 fully saturated rings. The summed E-state index contributed by atoms with van der Waals surface area (Å²) in [6.45, 7) is 0. The summed E-state index contributed by atoms with van der Waals surface area (Å²) in [4.78, 5) is 11.1. The standard InChI is InChI=1S/C15H19Cl2NO2/c16-10-3-4-12(17)11(7-10)13(18)8-15(9-14(19)20)5-1-2-6-15/h3-4,7,13H,1-2,5-6,8-9,18H2,(H,19,20). The highest BCUT2D eigenvalue weighted by Crippen LogP contribution is 2.47. The third-order valence-electron chi connectivity index (χ3n) is 4.20. The van der Waals surface area contributed by atoms with Gasteiger partial charge in [0.15, 0.2) is 0 Å². The molecule has 1 aliphatic rings. The number of benzene rings is 1. The van der Waals surface area contributed by atoms with Crippen molar-refractivity contribution in [2.24, 2.45) is 11.1 Å². The van der Waals surface area contributed by atoms with E-state index in [-0.39, 0.29) is 17.9 Å². The van der Waals surface area contributed by atoms with E-state index >= 15 is 0 Å². The summed E-state index contributed by atoms with van der Waals surface area (Å²) in [6.07, 6.45) is 4.81. The quantitative estimate of drug-likeness (QED) is 0.845. The molecule has 0 amide bonds. The Morgan fingerprint density at radius 1 is 1.35 bits per heavy atom. The van der Waals surface area contributed by atoms with Crippen LogP contribution < -0.4 is 5.73 Å². The first-order valence-corrected chi connectivity index (χ1v) is 7.60. The van der Waals surface area contributed by atoms with Crippen LogP contribution in [0.1, 0.15) is 50.1 Å². The van der Waals surface area contributed by atoms with Gasteiger partial charge < -0.3 is 10.8 Å². The van der Waals surface area contributed by atoms with E-state index < -0.39 is 5.97 Å². The van der Waals surface area contributed by atoms with E-state index in [1.165, 1.54) is 0 Å². The lowest BCUT2D eigenvalue weighted by molar-refractivity contribution is -0.139. The number of halogens is 2. The Hall–Kier alpha value is -0.770. The molecule has 1 unspecified atom stereocenters. The van der Waals surface area contributed by atoms with E-state index in [0.29, 0.717) is 16.5 Å². The summed E-state index contributed by atoms with van der Waals surface area (Å²) in [5, 5.41) is 10.3. The van der Waals surface area contributed by atoms with Crippen LogP contribution >= 0.6 is 23.2 Å². The zero-order chi connectivity index (χ0) is 14.8. The highest BCUT2D eigenvalue weighted by Gasteiger charge is 2.37. The Morgan fingerprint density at radius 2 is 2.00 bits per heavy atom. The maximum atomic E-state index is 11.1. The lowest BCUT2D eigenvalue weighted by Crippen LogP contribution is -2.27. The van der Waals surface area contributed by atoms with Crippen LogP contribution in [0, 0.1) is 5.41 Å². The van der Waals surface area contributed by atoms with Crippen molar-refractivity contribution >= 4 is 29.2 Å². The second-order valence-corrected chi connectivity index (χ2v) is 6.60. The van der Waals surface area contributed by atoms with Gasteiger partial charge in [0.05, 0.1) is 6.42 Å². The van der Waals surface area contributed by atoms with Gasteiger partial charge in [-0.1, -0.05) is 36.0 Å². The molecule has 0 aliphatic heterocycles. The lowest BCUT2D eigenvalue weighted by Gasteiger charge is -2.30.